The van der Waals surface area contributed by atoms with Crippen LogP contribution >= 0.6 is 68.0 Å². The fourth-order valence-corrected chi connectivity index (χ4v) is 30.1. The first-order chi connectivity index (χ1) is 70.7. The average Bonchev–Trinajstić information content (AvgIpc) is 1.57. The maximum atomic E-state index is 2.50. The molecule has 0 bridgehead atoms. The molecule has 9 aromatic heterocycles. The molecule has 0 atom stereocenters. The van der Waals surface area contributed by atoms with Gasteiger partial charge in [-0.1, -0.05) is 339 Å². The summed E-state index contributed by atoms with van der Waals surface area (Å²) in [5, 5.41) is 23.7. The van der Waals surface area contributed by atoms with Gasteiger partial charge >= 0.3 is 0 Å². The molecule has 0 aliphatic carbocycles. The molecule has 670 valence electrons. The van der Waals surface area contributed by atoms with E-state index in [1.807, 2.05) is 68.0 Å². The minimum Gasteiger partial charge on any atom is -0.308 e. The zero-order valence-corrected chi connectivity index (χ0v) is 82.6. The first kappa shape index (κ1) is 83.5. The van der Waals surface area contributed by atoms with Gasteiger partial charge in [0.2, 0.25) is 0 Å². The van der Waals surface area contributed by atoms with Crippen LogP contribution in [0.2, 0.25) is 0 Å². The van der Waals surface area contributed by atoms with E-state index in [9.17, 15) is 0 Å². The molecule has 0 aliphatic heterocycles. The fraction of sp³-hybridized carbons (Fsp3) is 0.0149. The summed E-state index contributed by atoms with van der Waals surface area (Å²) < 4.78 is 23.4. The van der Waals surface area contributed by atoms with Gasteiger partial charge in [-0.25, -0.2) is 0 Å². The van der Waals surface area contributed by atoms with Gasteiger partial charge < -0.3 is 13.7 Å². The van der Waals surface area contributed by atoms with Crippen molar-refractivity contribution in [3.8, 4) is 95.0 Å². The molecule has 0 fully saturated rings. The summed E-state index contributed by atoms with van der Waals surface area (Å²) in [6.07, 6.45) is 0. The number of thiophene rings is 6. The number of hydrogen-bond donors (Lipinski definition) is 0. The molecule has 0 unspecified atom stereocenters. The van der Waals surface area contributed by atoms with E-state index in [1.165, 1.54) is 293 Å². The summed E-state index contributed by atoms with van der Waals surface area (Å²) in [4.78, 5) is 0. The van der Waals surface area contributed by atoms with Gasteiger partial charge in [-0.15, -0.1) is 68.0 Å². The zero-order valence-electron chi connectivity index (χ0n) is 77.7. The fourth-order valence-electron chi connectivity index (χ4n) is 22.9. The van der Waals surface area contributed by atoms with E-state index in [4.69, 9.17) is 0 Å². The van der Waals surface area contributed by atoms with E-state index >= 15 is 0 Å². The standard InChI is InChI=1S/2C48H29NS2.C38H25NS2/c1-3-12-30(13-4-1)32-24-26-41-39(28-32)40-29-33(31-14-5-2-6-15-31)25-27-42(40)49(41)43-21-10-20-38-46-35(17-11-23-45(46)51-48(38)43)37-19-9-18-36-34-16-7-8-22-44(34)50-47(36)37;1-3-11-30(12-4-1)32-22-25-41-39(27-32)40-28-33(31-13-5-2-6-14-31)23-26-42(40)49(41)43-18-9-17-38-47-35(16-10-20-45(47)51-48(38)43)34-21-24-37-36-15-7-8-19-44(36)50-46(37)29-34;1-22-16-18-30-28(20-22)29-21-23(2)17-19-31(29)39(30)32-12-5-11-27-37-25(10-7-15-35(37)41-38(27)32)24-9-6-14-34-36(24)26-8-3-4-13-33(26)40-34/h2*1-29H;3-21H,1-2H3. The number of hydrogen-bond acceptors (Lipinski definition) is 6. The molecule has 0 aliphatic rings. The summed E-state index contributed by atoms with van der Waals surface area (Å²) in [5.74, 6) is 0. The van der Waals surface area contributed by atoms with Gasteiger partial charge in [-0.05, 0) is 226 Å². The zero-order chi connectivity index (χ0) is 94.2. The summed E-state index contributed by atoms with van der Waals surface area (Å²) in [6, 6.07) is 173. The highest BCUT2D eigenvalue weighted by atomic mass is 32.1. The molecule has 9 heteroatoms. The van der Waals surface area contributed by atoms with Gasteiger partial charge in [0.05, 0.1) is 64.3 Å². The Morgan fingerprint density at radius 1 is 0.140 bits per heavy atom. The number of aryl methyl sites for hydroxylation is 2. The number of fused-ring (bicyclic) bond motifs is 27. The molecule has 143 heavy (non-hydrogen) atoms. The molecule has 0 radical (unpaired) electrons. The van der Waals surface area contributed by atoms with Crippen LogP contribution in [0.5, 0.6) is 0 Å². The van der Waals surface area contributed by atoms with Crippen molar-refractivity contribution < 1.29 is 0 Å². The highest BCUT2D eigenvalue weighted by molar-refractivity contribution is 7.28. The molecule has 0 amide bonds. The lowest BCUT2D eigenvalue weighted by Gasteiger charge is -2.11. The van der Waals surface area contributed by atoms with Crippen LogP contribution in [0.15, 0.2) is 467 Å². The van der Waals surface area contributed by atoms with E-state index in [1.54, 1.807) is 0 Å². The van der Waals surface area contributed by atoms with Crippen LogP contribution in [0.1, 0.15) is 11.1 Å². The molecule has 22 aromatic carbocycles. The van der Waals surface area contributed by atoms with Gasteiger partial charge in [-0.2, -0.15) is 0 Å². The third-order valence-corrected chi connectivity index (χ3v) is 36.4. The smallest absolute Gasteiger partial charge is 0.0640 e. The third kappa shape index (κ3) is 13.6. The molecular formula is C134H83N3S6. The monoisotopic (exact) mass is 1930 g/mol. The maximum absolute atomic E-state index is 2.50. The number of benzene rings is 22. The van der Waals surface area contributed by atoms with Crippen molar-refractivity contribution >= 4 is 254 Å². The Kier molecular flexibility index (Phi) is 19.7. The van der Waals surface area contributed by atoms with E-state index in [2.05, 4.69) is 495 Å². The van der Waals surface area contributed by atoms with Gasteiger partial charge in [0, 0.05) is 145 Å². The number of nitrogens with zero attached hydrogens (tertiary/aromatic N) is 3. The predicted molar refractivity (Wildman–Crippen MR) is 627 cm³/mol. The maximum Gasteiger partial charge on any atom is 0.0640 e. The first-order valence-corrected chi connectivity index (χ1v) is 53.6. The van der Waals surface area contributed by atoms with Gasteiger partial charge in [0.1, 0.15) is 0 Å². The van der Waals surface area contributed by atoms with Crippen molar-refractivity contribution in [2.24, 2.45) is 0 Å². The Labute approximate surface area is 847 Å². The lowest BCUT2D eigenvalue weighted by Crippen LogP contribution is -1.94. The van der Waals surface area contributed by atoms with Crippen LogP contribution in [0.3, 0.4) is 0 Å². The van der Waals surface area contributed by atoms with Crippen molar-refractivity contribution in [3.05, 3.63) is 478 Å². The van der Waals surface area contributed by atoms with Gasteiger partial charge in [0.25, 0.3) is 0 Å². The van der Waals surface area contributed by atoms with Crippen LogP contribution in [0.4, 0.5) is 0 Å². The first-order valence-electron chi connectivity index (χ1n) is 48.7. The normalized spacial score (nSPS) is 12.0. The highest BCUT2D eigenvalue weighted by Crippen LogP contribution is 2.54. The largest absolute Gasteiger partial charge is 0.308 e. The second-order valence-corrected chi connectivity index (χ2v) is 44.0. The molecule has 31 aromatic rings. The summed E-state index contributed by atoms with van der Waals surface area (Å²) in [5.41, 5.74) is 31.3. The lowest BCUT2D eigenvalue weighted by molar-refractivity contribution is 1.20. The summed E-state index contributed by atoms with van der Waals surface area (Å²) in [6.45, 7) is 4.37. The van der Waals surface area contributed by atoms with Crippen LogP contribution < -0.4 is 0 Å². The quantitative estimate of drug-likeness (QED) is 0.130. The minimum absolute atomic E-state index is 1.22. The average molecular weight is 1930 g/mol. The molecular weight excluding hydrogens is 1840 g/mol. The SMILES string of the molecule is Cc1ccc2c(c1)c1cc(C)ccc1n2-c1cccc2c1sc1cccc(-c3cccc4sc5ccccc5c34)c12.c1ccc(-c2ccc3c(c2)c2cc(-c4ccccc4)ccc2n3-c2cccc3c2sc2cccc(-c4ccc5c(c4)sc4ccccc45)c23)cc1.c1ccc(-c2ccc3c(c2)c2cc(-c4ccccc4)ccc2n3-c2cccc3c2sc2cccc(-c4cccc5c4sc4ccccc45)c23)cc1. The molecule has 3 nitrogen and oxygen atoms in total. The molecule has 31 rings (SSSR count). The Bertz CT molecular complexity index is 10400. The highest BCUT2D eigenvalue weighted by Gasteiger charge is 2.27. The number of rotatable bonds is 10. The summed E-state index contributed by atoms with van der Waals surface area (Å²) >= 11 is 11.4. The molecule has 9 heterocycles. The minimum atomic E-state index is 1.22. The molecule has 0 N–H and O–H groups in total. The van der Waals surface area contributed by atoms with Crippen molar-refractivity contribution in [2.45, 2.75) is 13.8 Å². The van der Waals surface area contributed by atoms with Crippen molar-refractivity contribution in [2.75, 3.05) is 0 Å². The van der Waals surface area contributed by atoms with Crippen LogP contribution in [-0.4, -0.2) is 13.7 Å². The lowest BCUT2D eigenvalue weighted by atomic mass is 9.95. The predicted octanol–water partition coefficient (Wildman–Crippen LogP) is 40.8. The topological polar surface area (TPSA) is 14.8 Å². The molecule has 0 saturated heterocycles. The Balaban J connectivity index is 0.000000103. The second-order valence-electron chi connectivity index (χ2n) is 37.6. The Morgan fingerprint density at radius 2 is 0.406 bits per heavy atom. The third-order valence-electron chi connectivity index (χ3n) is 29.3. The molecule has 0 spiro atoms. The Morgan fingerprint density at radius 3 is 0.832 bits per heavy atom. The number of aromatic nitrogens is 3. The van der Waals surface area contributed by atoms with E-state index < -0.39 is 0 Å². The van der Waals surface area contributed by atoms with Gasteiger partial charge in [-0.3, -0.25) is 0 Å². The van der Waals surface area contributed by atoms with Crippen LogP contribution in [0, 0.1) is 13.8 Å². The van der Waals surface area contributed by atoms with E-state index in [0.717, 1.165) is 0 Å². The van der Waals surface area contributed by atoms with Crippen molar-refractivity contribution in [1.29, 1.82) is 0 Å². The summed E-state index contributed by atoms with van der Waals surface area (Å²) in [7, 11) is 0. The van der Waals surface area contributed by atoms with Crippen molar-refractivity contribution in [1.82, 2.24) is 13.7 Å². The molecule has 0 saturated carbocycles. The van der Waals surface area contributed by atoms with Gasteiger partial charge in [0.15, 0.2) is 0 Å². The van der Waals surface area contributed by atoms with Crippen LogP contribution in [0.25, 0.3) is 281 Å². The second kappa shape index (κ2) is 33.7. The Hall–Kier alpha value is -16.4. The van der Waals surface area contributed by atoms with Crippen molar-refractivity contribution in [3.63, 3.8) is 0 Å². The van der Waals surface area contributed by atoms with Crippen LogP contribution in [-0.2, 0) is 0 Å². The van der Waals surface area contributed by atoms with E-state index in [0.29, 0.717) is 0 Å². The van der Waals surface area contributed by atoms with E-state index in [-0.39, 0.29) is 0 Å².